The van der Waals surface area contributed by atoms with Crippen LogP contribution in [0.3, 0.4) is 0 Å². The van der Waals surface area contributed by atoms with Gasteiger partial charge in [-0.25, -0.2) is 0 Å². The number of para-hydroxylation sites is 1. The van der Waals surface area contributed by atoms with Crippen LogP contribution in [0.2, 0.25) is 5.02 Å². The van der Waals surface area contributed by atoms with Gasteiger partial charge in [0.1, 0.15) is 5.75 Å². The number of benzene rings is 1. The van der Waals surface area contributed by atoms with E-state index in [-0.39, 0.29) is 0 Å². The Labute approximate surface area is 98.5 Å². The molecule has 1 nitrogen and oxygen atoms in total. The minimum Gasteiger partial charge on any atom is -0.492 e. The Morgan fingerprint density at radius 3 is 2.86 bits per heavy atom. The third-order valence-corrected chi connectivity index (χ3v) is 2.78. The summed E-state index contributed by atoms with van der Waals surface area (Å²) in [5.74, 6) is 0.845. The van der Waals surface area contributed by atoms with Crippen LogP contribution in [0.1, 0.15) is 18.9 Å². The van der Waals surface area contributed by atoms with Crippen LogP contribution >= 0.6 is 27.5 Å². The van der Waals surface area contributed by atoms with Gasteiger partial charge in [-0.1, -0.05) is 39.7 Å². The summed E-state index contributed by atoms with van der Waals surface area (Å²) >= 11 is 9.47. The zero-order chi connectivity index (χ0) is 10.4. The van der Waals surface area contributed by atoms with Gasteiger partial charge in [0.2, 0.25) is 0 Å². The first-order chi connectivity index (χ1) is 6.79. The van der Waals surface area contributed by atoms with Crippen molar-refractivity contribution in [2.75, 3.05) is 11.9 Å². The van der Waals surface area contributed by atoms with Crippen molar-refractivity contribution in [3.63, 3.8) is 0 Å². The molecule has 0 saturated carbocycles. The van der Waals surface area contributed by atoms with Crippen LogP contribution in [0.15, 0.2) is 18.2 Å². The van der Waals surface area contributed by atoms with Gasteiger partial charge in [-0.05, 0) is 31.4 Å². The second kappa shape index (κ2) is 6.31. The van der Waals surface area contributed by atoms with Gasteiger partial charge in [0.05, 0.1) is 11.6 Å². The van der Waals surface area contributed by atoms with E-state index in [1.807, 2.05) is 19.1 Å². The third-order valence-electron chi connectivity index (χ3n) is 1.92. The fraction of sp³-hybridized carbons (Fsp3) is 0.455. The first kappa shape index (κ1) is 11.9. The van der Waals surface area contributed by atoms with E-state index >= 15 is 0 Å². The topological polar surface area (TPSA) is 9.23 Å². The number of rotatable bonds is 5. The third kappa shape index (κ3) is 3.18. The maximum atomic E-state index is 6.05. The molecule has 0 N–H and O–H groups in total. The summed E-state index contributed by atoms with van der Waals surface area (Å²) in [7, 11) is 0. The zero-order valence-electron chi connectivity index (χ0n) is 8.22. The number of alkyl halides is 1. The number of hydrogen-bond donors (Lipinski definition) is 0. The molecule has 14 heavy (non-hydrogen) atoms. The summed E-state index contributed by atoms with van der Waals surface area (Å²) in [6.07, 6.45) is 2.10. The summed E-state index contributed by atoms with van der Waals surface area (Å²) in [5.41, 5.74) is 1.19. The molecule has 0 amide bonds. The lowest BCUT2D eigenvalue weighted by atomic mass is 10.1. The largest absolute Gasteiger partial charge is 0.492 e. The number of ether oxygens (including phenoxy) is 1. The predicted molar refractivity (Wildman–Crippen MR) is 64.7 cm³/mol. The molecule has 0 aliphatic heterocycles. The summed E-state index contributed by atoms with van der Waals surface area (Å²) in [6.45, 7) is 2.63. The van der Waals surface area contributed by atoms with Gasteiger partial charge in [-0.15, -0.1) is 0 Å². The Morgan fingerprint density at radius 1 is 1.43 bits per heavy atom. The second-order valence-electron chi connectivity index (χ2n) is 2.95. The van der Waals surface area contributed by atoms with E-state index in [1.54, 1.807) is 0 Å². The van der Waals surface area contributed by atoms with Crippen molar-refractivity contribution in [2.45, 2.75) is 19.8 Å². The minimum absolute atomic E-state index is 0.658. The maximum absolute atomic E-state index is 6.05. The molecular formula is C11H14BrClO. The monoisotopic (exact) mass is 276 g/mol. The lowest BCUT2D eigenvalue weighted by Crippen LogP contribution is -1.98. The van der Waals surface area contributed by atoms with E-state index in [9.17, 15) is 0 Å². The van der Waals surface area contributed by atoms with Crippen molar-refractivity contribution in [3.05, 3.63) is 28.8 Å². The van der Waals surface area contributed by atoms with Crippen molar-refractivity contribution in [2.24, 2.45) is 0 Å². The highest BCUT2D eigenvalue weighted by Crippen LogP contribution is 2.29. The molecule has 0 heterocycles. The quantitative estimate of drug-likeness (QED) is 0.737. The molecule has 0 bridgehead atoms. The Bertz CT molecular complexity index is 289. The van der Waals surface area contributed by atoms with Gasteiger partial charge in [-0.2, -0.15) is 0 Å². The zero-order valence-corrected chi connectivity index (χ0v) is 10.6. The molecule has 0 unspecified atom stereocenters. The summed E-state index contributed by atoms with van der Waals surface area (Å²) < 4.78 is 5.52. The predicted octanol–water partition coefficient (Wildman–Crippen LogP) is 4.07. The molecule has 78 valence electrons. The van der Waals surface area contributed by atoms with Crippen molar-refractivity contribution in [1.29, 1.82) is 0 Å². The van der Waals surface area contributed by atoms with Gasteiger partial charge >= 0.3 is 0 Å². The molecule has 0 aliphatic rings. The van der Waals surface area contributed by atoms with Crippen LogP contribution in [0.25, 0.3) is 0 Å². The van der Waals surface area contributed by atoms with Gasteiger partial charge in [0.25, 0.3) is 0 Å². The average Bonchev–Trinajstić information content (AvgIpc) is 2.19. The van der Waals surface area contributed by atoms with Crippen molar-refractivity contribution >= 4 is 27.5 Å². The lowest BCUT2D eigenvalue weighted by molar-refractivity contribution is 0.336. The van der Waals surface area contributed by atoms with Gasteiger partial charge in [0, 0.05) is 5.33 Å². The molecule has 3 heteroatoms. The van der Waals surface area contributed by atoms with Gasteiger partial charge in [0.15, 0.2) is 0 Å². The fourth-order valence-corrected chi connectivity index (χ4v) is 1.84. The highest BCUT2D eigenvalue weighted by Gasteiger charge is 2.06. The smallest absolute Gasteiger partial charge is 0.141 e. The maximum Gasteiger partial charge on any atom is 0.141 e. The summed E-state index contributed by atoms with van der Waals surface area (Å²) in [4.78, 5) is 0. The van der Waals surface area contributed by atoms with E-state index in [4.69, 9.17) is 16.3 Å². The van der Waals surface area contributed by atoms with Crippen LogP contribution in [0, 0.1) is 0 Å². The first-order valence-corrected chi connectivity index (χ1v) is 6.25. The fourth-order valence-electron chi connectivity index (χ4n) is 1.31. The average molecular weight is 278 g/mol. The minimum atomic E-state index is 0.658. The second-order valence-corrected chi connectivity index (χ2v) is 4.15. The highest BCUT2D eigenvalue weighted by atomic mass is 79.9. The number of aryl methyl sites for hydroxylation is 1. The van der Waals surface area contributed by atoms with Crippen molar-refractivity contribution in [1.82, 2.24) is 0 Å². The lowest BCUT2D eigenvalue weighted by Gasteiger charge is -2.11. The van der Waals surface area contributed by atoms with E-state index in [0.29, 0.717) is 11.6 Å². The number of hydrogen-bond acceptors (Lipinski definition) is 1. The summed E-state index contributed by atoms with van der Waals surface area (Å²) in [5, 5.41) is 1.71. The molecule has 0 aromatic heterocycles. The summed E-state index contributed by atoms with van der Waals surface area (Å²) in [6, 6.07) is 5.90. The van der Waals surface area contributed by atoms with Crippen molar-refractivity contribution < 1.29 is 4.74 Å². The van der Waals surface area contributed by atoms with E-state index in [0.717, 1.165) is 23.9 Å². The molecule has 0 fully saturated rings. The number of halogens is 2. The van der Waals surface area contributed by atoms with Crippen molar-refractivity contribution in [3.8, 4) is 5.75 Å². The van der Waals surface area contributed by atoms with Crippen LogP contribution in [0.4, 0.5) is 0 Å². The molecule has 0 spiro atoms. The van der Waals surface area contributed by atoms with E-state index in [1.165, 1.54) is 5.56 Å². The van der Waals surface area contributed by atoms with Crippen LogP contribution in [0.5, 0.6) is 5.75 Å². The Morgan fingerprint density at radius 2 is 2.21 bits per heavy atom. The molecule has 0 saturated heterocycles. The van der Waals surface area contributed by atoms with Crippen LogP contribution in [-0.2, 0) is 6.42 Å². The van der Waals surface area contributed by atoms with Gasteiger partial charge in [-0.3, -0.25) is 0 Å². The highest BCUT2D eigenvalue weighted by molar-refractivity contribution is 9.09. The molecule has 0 aliphatic carbocycles. The molecule has 1 aromatic rings. The molecular weight excluding hydrogens is 263 g/mol. The standard InChI is InChI=1S/C11H14BrClO/c1-2-14-11-9(6-4-8-12)5-3-7-10(11)13/h3,5,7H,2,4,6,8H2,1H3. The first-order valence-electron chi connectivity index (χ1n) is 4.75. The Hall–Kier alpha value is -0.210. The molecule has 1 aromatic carbocycles. The Kier molecular flexibility index (Phi) is 5.34. The molecule has 1 rings (SSSR count). The van der Waals surface area contributed by atoms with Crippen LogP contribution < -0.4 is 4.74 Å². The molecule has 0 atom stereocenters. The SMILES string of the molecule is CCOc1c(Cl)cccc1CCCBr. The van der Waals surface area contributed by atoms with E-state index in [2.05, 4.69) is 22.0 Å². The molecule has 0 radical (unpaired) electrons. The van der Waals surface area contributed by atoms with Gasteiger partial charge < -0.3 is 4.74 Å². The van der Waals surface area contributed by atoms with E-state index < -0.39 is 0 Å². The normalized spacial score (nSPS) is 10.2. The van der Waals surface area contributed by atoms with Crippen LogP contribution in [-0.4, -0.2) is 11.9 Å². The Balaban J connectivity index is 2.83.